The SMILES string of the molecule is C[C@]1(I)CC=C2C(CCC3[C@](C)(C(=O)NCC=O)CCC[C@@]23C)C1. The number of fused-ring (bicyclic) bond motifs is 3. The first-order valence-electron chi connectivity index (χ1n) is 9.34. The van der Waals surface area contributed by atoms with Crippen LogP contribution in [-0.2, 0) is 9.59 Å². The zero-order valence-electron chi connectivity index (χ0n) is 15.2. The molecule has 2 saturated carbocycles. The molecule has 0 heterocycles. The van der Waals surface area contributed by atoms with Crippen LogP contribution in [-0.4, -0.2) is 22.2 Å². The molecule has 3 aliphatic carbocycles. The van der Waals surface area contributed by atoms with Gasteiger partial charge in [0, 0.05) is 3.42 Å². The minimum Gasteiger partial charge on any atom is -0.349 e. The van der Waals surface area contributed by atoms with E-state index in [0.29, 0.717) is 15.3 Å². The highest BCUT2D eigenvalue weighted by atomic mass is 127. The van der Waals surface area contributed by atoms with Crippen LogP contribution in [0.3, 0.4) is 0 Å². The molecule has 0 aromatic carbocycles. The summed E-state index contributed by atoms with van der Waals surface area (Å²) in [5.41, 5.74) is 1.45. The molecule has 5 atom stereocenters. The van der Waals surface area contributed by atoms with E-state index in [4.69, 9.17) is 0 Å². The average molecular weight is 443 g/mol. The molecule has 1 N–H and O–H groups in total. The summed E-state index contributed by atoms with van der Waals surface area (Å²) in [6, 6.07) is 0. The van der Waals surface area contributed by atoms with Crippen molar-refractivity contribution < 1.29 is 9.59 Å². The number of alkyl halides is 1. The van der Waals surface area contributed by atoms with Gasteiger partial charge in [-0.15, -0.1) is 0 Å². The fraction of sp³-hybridized carbons (Fsp3) is 0.800. The van der Waals surface area contributed by atoms with E-state index in [1.165, 1.54) is 19.3 Å². The molecule has 2 fully saturated rings. The predicted molar refractivity (Wildman–Crippen MR) is 105 cm³/mol. The lowest BCUT2D eigenvalue weighted by Crippen LogP contribution is -2.55. The van der Waals surface area contributed by atoms with Gasteiger partial charge in [0.15, 0.2) is 0 Å². The number of rotatable bonds is 3. The lowest BCUT2D eigenvalue weighted by molar-refractivity contribution is -0.142. The van der Waals surface area contributed by atoms with Crippen LogP contribution in [0, 0.1) is 22.7 Å². The van der Waals surface area contributed by atoms with Crippen LogP contribution in [0.15, 0.2) is 11.6 Å². The minimum absolute atomic E-state index is 0.0825. The number of nitrogens with one attached hydrogen (secondary N) is 1. The fourth-order valence-electron chi connectivity index (χ4n) is 5.99. The van der Waals surface area contributed by atoms with Crippen LogP contribution in [0.5, 0.6) is 0 Å². The topological polar surface area (TPSA) is 46.2 Å². The van der Waals surface area contributed by atoms with Crippen molar-refractivity contribution in [1.29, 1.82) is 0 Å². The number of carbonyl (C=O) groups excluding carboxylic acids is 2. The number of halogens is 1. The van der Waals surface area contributed by atoms with E-state index in [-0.39, 0.29) is 23.3 Å². The summed E-state index contributed by atoms with van der Waals surface area (Å²) < 4.78 is 0.383. The highest BCUT2D eigenvalue weighted by Gasteiger charge is 2.57. The first-order chi connectivity index (χ1) is 11.2. The number of amides is 1. The summed E-state index contributed by atoms with van der Waals surface area (Å²) in [5.74, 6) is 1.17. The molecule has 3 nitrogen and oxygen atoms in total. The molecule has 3 aliphatic rings. The fourth-order valence-corrected chi connectivity index (χ4v) is 6.74. The normalized spacial score (nSPS) is 44.8. The zero-order valence-corrected chi connectivity index (χ0v) is 17.3. The Labute approximate surface area is 159 Å². The Morgan fingerprint density at radius 2 is 2.08 bits per heavy atom. The Balaban J connectivity index is 1.92. The van der Waals surface area contributed by atoms with Gasteiger partial charge in [0.1, 0.15) is 6.29 Å². The third-order valence-corrected chi connectivity index (χ3v) is 8.00. The second-order valence-electron chi connectivity index (χ2n) is 8.87. The van der Waals surface area contributed by atoms with Gasteiger partial charge in [0.25, 0.3) is 0 Å². The average Bonchev–Trinajstić information content (AvgIpc) is 2.51. The lowest BCUT2D eigenvalue weighted by Gasteiger charge is -2.58. The Hall–Kier alpha value is -0.390. The second-order valence-corrected chi connectivity index (χ2v) is 11.5. The summed E-state index contributed by atoms with van der Waals surface area (Å²) in [6.07, 6.45) is 11.3. The first-order valence-corrected chi connectivity index (χ1v) is 10.4. The van der Waals surface area contributed by atoms with Gasteiger partial charge in [-0.3, -0.25) is 4.79 Å². The number of allylic oxidation sites excluding steroid dienone is 2. The second kappa shape index (κ2) is 6.40. The van der Waals surface area contributed by atoms with E-state index in [2.05, 4.69) is 54.8 Å². The Bertz CT molecular complexity index is 570. The maximum absolute atomic E-state index is 12.8. The summed E-state index contributed by atoms with van der Waals surface area (Å²) in [4.78, 5) is 23.5. The number of aldehydes is 1. The van der Waals surface area contributed by atoms with E-state index in [9.17, 15) is 9.59 Å². The van der Waals surface area contributed by atoms with Crippen molar-refractivity contribution in [1.82, 2.24) is 5.32 Å². The molecule has 0 saturated heterocycles. The van der Waals surface area contributed by atoms with E-state index in [1.807, 2.05) is 0 Å². The van der Waals surface area contributed by atoms with Crippen LogP contribution in [0.1, 0.15) is 65.7 Å². The molecule has 0 aliphatic heterocycles. The van der Waals surface area contributed by atoms with E-state index in [0.717, 1.165) is 32.0 Å². The van der Waals surface area contributed by atoms with Crippen molar-refractivity contribution in [2.75, 3.05) is 6.54 Å². The van der Waals surface area contributed by atoms with E-state index in [1.54, 1.807) is 5.57 Å². The number of hydrogen-bond donors (Lipinski definition) is 1. The third kappa shape index (κ3) is 2.97. The molecule has 0 aromatic rings. The largest absolute Gasteiger partial charge is 0.349 e. The van der Waals surface area contributed by atoms with Gasteiger partial charge in [-0.1, -0.05) is 61.4 Å². The van der Waals surface area contributed by atoms with Crippen molar-refractivity contribution in [2.24, 2.45) is 22.7 Å². The van der Waals surface area contributed by atoms with Crippen molar-refractivity contribution in [3.63, 3.8) is 0 Å². The summed E-state index contributed by atoms with van der Waals surface area (Å²) in [6.45, 7) is 7.06. The van der Waals surface area contributed by atoms with Crippen molar-refractivity contribution in [2.45, 2.75) is 69.1 Å². The van der Waals surface area contributed by atoms with Gasteiger partial charge in [-0.25, -0.2) is 0 Å². The molecule has 24 heavy (non-hydrogen) atoms. The van der Waals surface area contributed by atoms with E-state index >= 15 is 0 Å². The van der Waals surface area contributed by atoms with Crippen LogP contribution in [0.4, 0.5) is 0 Å². The van der Waals surface area contributed by atoms with Crippen LogP contribution in [0.2, 0.25) is 0 Å². The molecule has 0 spiro atoms. The summed E-state index contributed by atoms with van der Waals surface area (Å²) >= 11 is 2.62. The minimum atomic E-state index is -0.340. The lowest BCUT2D eigenvalue weighted by atomic mass is 9.46. The molecular weight excluding hydrogens is 413 g/mol. The summed E-state index contributed by atoms with van der Waals surface area (Å²) in [7, 11) is 0. The smallest absolute Gasteiger partial charge is 0.226 e. The Morgan fingerprint density at radius 3 is 2.79 bits per heavy atom. The first kappa shape index (κ1) is 18.4. The molecule has 0 bridgehead atoms. The Morgan fingerprint density at radius 1 is 1.33 bits per heavy atom. The zero-order chi connectivity index (χ0) is 17.6. The van der Waals surface area contributed by atoms with Crippen molar-refractivity contribution >= 4 is 34.8 Å². The monoisotopic (exact) mass is 443 g/mol. The van der Waals surface area contributed by atoms with Gasteiger partial charge in [-0.05, 0) is 55.8 Å². The third-order valence-electron chi connectivity index (χ3n) is 7.12. The molecular formula is C20H30INO2. The van der Waals surface area contributed by atoms with Gasteiger partial charge in [0.2, 0.25) is 5.91 Å². The highest BCUT2D eigenvalue weighted by Crippen LogP contribution is 2.63. The molecule has 2 unspecified atom stereocenters. The van der Waals surface area contributed by atoms with Crippen molar-refractivity contribution in [3.05, 3.63) is 11.6 Å². The molecule has 4 heteroatoms. The quantitative estimate of drug-likeness (QED) is 0.304. The van der Waals surface area contributed by atoms with E-state index < -0.39 is 0 Å². The van der Waals surface area contributed by atoms with Gasteiger partial charge >= 0.3 is 0 Å². The molecule has 0 radical (unpaired) electrons. The van der Waals surface area contributed by atoms with Gasteiger partial charge < -0.3 is 10.1 Å². The number of carbonyl (C=O) groups is 2. The predicted octanol–water partition coefficient (Wildman–Crippen LogP) is 4.44. The van der Waals surface area contributed by atoms with Crippen LogP contribution >= 0.6 is 22.6 Å². The number of hydrogen-bond acceptors (Lipinski definition) is 2. The molecule has 0 aromatic heterocycles. The van der Waals surface area contributed by atoms with Crippen LogP contribution < -0.4 is 5.32 Å². The molecule has 1 amide bonds. The maximum Gasteiger partial charge on any atom is 0.226 e. The molecule has 3 rings (SSSR count). The summed E-state index contributed by atoms with van der Waals surface area (Å²) in [5, 5.41) is 2.85. The maximum atomic E-state index is 12.8. The Kier molecular flexibility index (Phi) is 4.91. The van der Waals surface area contributed by atoms with Crippen LogP contribution in [0.25, 0.3) is 0 Å². The molecule has 134 valence electrons. The highest BCUT2D eigenvalue weighted by molar-refractivity contribution is 14.1. The van der Waals surface area contributed by atoms with Crippen molar-refractivity contribution in [3.8, 4) is 0 Å². The van der Waals surface area contributed by atoms with Gasteiger partial charge in [-0.2, -0.15) is 0 Å². The van der Waals surface area contributed by atoms with Gasteiger partial charge in [0.05, 0.1) is 12.0 Å². The standard InChI is InChI=1S/C20H30INO2/c1-18(21)10-7-15-14(13-18)5-6-16-19(15,2)8-4-9-20(16,3)17(24)22-11-12-23/h7,12,14,16H,4-6,8-11,13H2,1-3H3,(H,22,24)/t14?,16?,18-,19-,20+/m0/s1.